The quantitative estimate of drug-likeness (QED) is 0.551. The van der Waals surface area contributed by atoms with Gasteiger partial charge in [-0.3, -0.25) is 0 Å². The summed E-state index contributed by atoms with van der Waals surface area (Å²) in [6.45, 7) is 0. The Labute approximate surface area is 144 Å². The normalized spacial score (nSPS) is 10.9. The van der Waals surface area contributed by atoms with Crippen molar-refractivity contribution in [3.05, 3.63) is 48.5 Å². The third-order valence-corrected chi connectivity index (χ3v) is 4.04. The van der Waals surface area contributed by atoms with Gasteiger partial charge in [0.2, 0.25) is 0 Å². The number of hydrogen-bond acceptors (Lipinski definition) is 5. The predicted molar refractivity (Wildman–Crippen MR) is 98.2 cm³/mol. The lowest BCUT2D eigenvalue weighted by Gasteiger charge is -2.11. The molecule has 2 aromatic carbocycles. The highest BCUT2D eigenvalue weighted by Crippen LogP contribution is 2.19. The average molecular weight is 369 g/mol. The first kappa shape index (κ1) is 17.5. The molecule has 0 fully saturated rings. The van der Waals surface area contributed by atoms with Crippen LogP contribution in [0.15, 0.2) is 53.4 Å². The molecular weight excluding hydrogens is 354 g/mol. The fourth-order valence-electron chi connectivity index (χ4n) is 1.70. The van der Waals surface area contributed by atoms with E-state index in [0.29, 0.717) is 10.8 Å². The molecule has 0 spiro atoms. The van der Waals surface area contributed by atoms with Gasteiger partial charge in [-0.05, 0) is 67.0 Å². The lowest BCUT2D eigenvalue weighted by molar-refractivity contribution is 0.488. The minimum atomic E-state index is -4.02. The van der Waals surface area contributed by atoms with Gasteiger partial charge in [0.25, 0.3) is 0 Å². The van der Waals surface area contributed by atoms with Crippen LogP contribution in [0.1, 0.15) is 0 Å². The summed E-state index contributed by atoms with van der Waals surface area (Å²) in [5, 5.41) is 11.3. The van der Waals surface area contributed by atoms with Gasteiger partial charge in [0, 0.05) is 16.3 Å². The monoisotopic (exact) mass is 369 g/mol. The largest absolute Gasteiger partial charge is 0.380 e. The molecule has 6 nitrogen and oxygen atoms in total. The van der Waals surface area contributed by atoms with E-state index >= 15 is 0 Å². The summed E-state index contributed by atoms with van der Waals surface area (Å²) in [7, 11) is -4.02. The van der Waals surface area contributed by atoms with Crippen molar-refractivity contribution >= 4 is 50.8 Å². The predicted octanol–water partition coefficient (Wildman–Crippen LogP) is 2.80. The Bertz CT molecular complexity index is 775. The first-order valence-corrected chi connectivity index (χ1v) is 9.50. The molecule has 122 valence electrons. The summed E-state index contributed by atoms with van der Waals surface area (Å²) in [5.41, 5.74) is 1.56. The molecule has 0 aliphatic heterocycles. The molecule has 2 rings (SSSR count). The Balaban J connectivity index is 1.94. The van der Waals surface area contributed by atoms with Gasteiger partial charge in [0.1, 0.15) is 5.75 Å². The first-order valence-electron chi connectivity index (χ1n) is 6.40. The molecule has 0 heterocycles. The third-order valence-electron chi connectivity index (χ3n) is 2.67. The summed E-state index contributed by atoms with van der Waals surface area (Å²) in [4.78, 5) is 1.17. The van der Waals surface area contributed by atoms with Gasteiger partial charge in [-0.2, -0.15) is 13.6 Å². The molecule has 0 radical (unpaired) electrons. The molecule has 0 aliphatic carbocycles. The summed E-state index contributed by atoms with van der Waals surface area (Å²) in [6, 6.07) is 14.1. The highest BCUT2D eigenvalue weighted by molar-refractivity contribution is 7.98. The highest BCUT2D eigenvalue weighted by Gasteiger charge is 2.05. The molecule has 4 N–H and O–H groups in total. The van der Waals surface area contributed by atoms with Crippen molar-refractivity contribution in [3.8, 4) is 5.75 Å². The molecule has 0 unspecified atom stereocenters. The van der Waals surface area contributed by atoms with Crippen LogP contribution in [-0.4, -0.2) is 19.8 Å². The number of nitrogens with two attached hydrogens (primary N) is 1. The fraction of sp³-hybridized carbons (Fsp3) is 0.0714. The van der Waals surface area contributed by atoms with Crippen LogP contribution in [0.4, 0.5) is 11.4 Å². The maximum absolute atomic E-state index is 10.8. The molecule has 0 aromatic heterocycles. The Morgan fingerprint density at radius 3 is 1.96 bits per heavy atom. The maximum Gasteiger partial charge on any atom is 0.380 e. The molecule has 0 amide bonds. The van der Waals surface area contributed by atoms with Crippen LogP contribution >= 0.6 is 24.0 Å². The summed E-state index contributed by atoms with van der Waals surface area (Å²) < 4.78 is 26.2. The maximum atomic E-state index is 10.8. The fourth-order valence-corrected chi connectivity index (χ4v) is 2.72. The van der Waals surface area contributed by atoms with Gasteiger partial charge in [-0.1, -0.05) is 0 Å². The van der Waals surface area contributed by atoms with Gasteiger partial charge in [-0.25, -0.2) is 0 Å². The van der Waals surface area contributed by atoms with Crippen molar-refractivity contribution in [2.45, 2.75) is 4.90 Å². The van der Waals surface area contributed by atoms with Crippen molar-refractivity contribution in [3.63, 3.8) is 0 Å². The molecule has 0 saturated heterocycles. The molecular formula is C14H15N3O3S3. The van der Waals surface area contributed by atoms with Crippen molar-refractivity contribution < 1.29 is 12.6 Å². The van der Waals surface area contributed by atoms with Crippen molar-refractivity contribution in [1.82, 2.24) is 0 Å². The van der Waals surface area contributed by atoms with Crippen LogP contribution in [0.5, 0.6) is 5.75 Å². The Morgan fingerprint density at radius 1 is 1.04 bits per heavy atom. The molecule has 9 heteroatoms. The van der Waals surface area contributed by atoms with E-state index in [4.69, 9.17) is 17.4 Å². The van der Waals surface area contributed by atoms with Crippen LogP contribution in [0.25, 0.3) is 0 Å². The number of anilines is 2. The van der Waals surface area contributed by atoms with Gasteiger partial charge < -0.3 is 14.8 Å². The average Bonchev–Trinajstić information content (AvgIpc) is 2.48. The van der Waals surface area contributed by atoms with Crippen LogP contribution in [0, 0.1) is 0 Å². The Hall–Kier alpha value is -1.81. The van der Waals surface area contributed by atoms with Gasteiger partial charge in [0.15, 0.2) is 5.11 Å². The number of benzene rings is 2. The van der Waals surface area contributed by atoms with Crippen molar-refractivity contribution in [2.24, 2.45) is 5.14 Å². The smallest absolute Gasteiger partial charge is 0.371 e. The molecule has 2 aromatic rings. The lowest BCUT2D eigenvalue weighted by Crippen LogP contribution is -2.20. The number of nitrogens with one attached hydrogen (secondary N) is 2. The molecule has 23 heavy (non-hydrogen) atoms. The minimum absolute atomic E-state index is 0.129. The second-order valence-electron chi connectivity index (χ2n) is 4.41. The summed E-state index contributed by atoms with van der Waals surface area (Å²) in [6.07, 6.45) is 2.01. The molecule has 0 saturated carbocycles. The summed E-state index contributed by atoms with van der Waals surface area (Å²) in [5.74, 6) is 0.129. The zero-order chi connectivity index (χ0) is 16.9. The zero-order valence-corrected chi connectivity index (χ0v) is 14.6. The Kier molecular flexibility index (Phi) is 5.83. The minimum Gasteiger partial charge on any atom is -0.371 e. The summed E-state index contributed by atoms with van der Waals surface area (Å²) >= 11 is 6.89. The van der Waals surface area contributed by atoms with Crippen molar-refractivity contribution in [1.29, 1.82) is 0 Å². The molecule has 0 atom stereocenters. The Morgan fingerprint density at radius 2 is 1.52 bits per heavy atom. The van der Waals surface area contributed by atoms with E-state index in [0.717, 1.165) is 5.69 Å². The highest BCUT2D eigenvalue weighted by atomic mass is 32.2. The van der Waals surface area contributed by atoms with Gasteiger partial charge >= 0.3 is 10.3 Å². The second-order valence-corrected chi connectivity index (χ2v) is 6.85. The number of rotatable bonds is 5. The van der Waals surface area contributed by atoms with E-state index < -0.39 is 10.3 Å². The van der Waals surface area contributed by atoms with Crippen LogP contribution < -0.4 is 20.0 Å². The molecule has 0 aliphatic rings. The number of thiocarbonyl (C=S) groups is 1. The van der Waals surface area contributed by atoms with Crippen molar-refractivity contribution in [2.75, 3.05) is 16.9 Å². The first-order chi connectivity index (χ1) is 10.9. The van der Waals surface area contributed by atoms with Gasteiger partial charge in [0.05, 0.1) is 0 Å². The van der Waals surface area contributed by atoms with Crippen LogP contribution in [0.3, 0.4) is 0 Å². The van der Waals surface area contributed by atoms with E-state index in [-0.39, 0.29) is 5.75 Å². The topological polar surface area (TPSA) is 93.4 Å². The number of hydrogen-bond donors (Lipinski definition) is 3. The zero-order valence-electron chi connectivity index (χ0n) is 12.1. The second kappa shape index (κ2) is 7.64. The lowest BCUT2D eigenvalue weighted by atomic mass is 10.3. The number of thioether (sulfide) groups is 1. The standard InChI is InChI=1S/C14H15N3O3S3/c1-22-13-8-4-11(5-9-13)17-14(21)16-10-2-6-12(7-3-10)20-23(15,18)19/h2-9H,1H3,(H2,15,18,19)(H2,16,17,21). The van der Waals surface area contributed by atoms with E-state index in [1.54, 1.807) is 23.9 Å². The van der Waals surface area contributed by atoms with Gasteiger partial charge in [-0.15, -0.1) is 11.8 Å². The SMILES string of the molecule is CSc1ccc(NC(=S)Nc2ccc(OS(N)(=O)=O)cc2)cc1. The van der Waals surface area contributed by atoms with E-state index in [2.05, 4.69) is 14.8 Å². The van der Waals surface area contributed by atoms with E-state index in [1.807, 2.05) is 30.5 Å². The third kappa shape index (κ3) is 6.06. The van der Waals surface area contributed by atoms with Crippen LogP contribution in [-0.2, 0) is 10.3 Å². The molecule has 0 bridgehead atoms. The van der Waals surface area contributed by atoms with Crippen LogP contribution in [0.2, 0.25) is 0 Å². The van der Waals surface area contributed by atoms with E-state index in [9.17, 15) is 8.42 Å². The van der Waals surface area contributed by atoms with E-state index in [1.165, 1.54) is 17.0 Å².